The maximum absolute atomic E-state index is 12.4. The molecule has 1 heterocycles. The highest BCUT2D eigenvalue weighted by Gasteiger charge is 2.56. The summed E-state index contributed by atoms with van der Waals surface area (Å²) in [5.41, 5.74) is 8.67. The number of primary amides is 1. The molecule has 5 nitrogen and oxygen atoms in total. The van der Waals surface area contributed by atoms with Gasteiger partial charge < -0.3 is 16.0 Å². The average molecular weight is 341 g/mol. The summed E-state index contributed by atoms with van der Waals surface area (Å²) in [4.78, 5) is 25.5. The van der Waals surface area contributed by atoms with Gasteiger partial charge in [-0.05, 0) is 55.6 Å². The molecule has 3 aliphatic rings. The maximum Gasteiger partial charge on any atom is 0.317 e. The molecule has 1 spiro atoms. The molecule has 1 aliphatic heterocycles. The van der Waals surface area contributed by atoms with Crippen LogP contribution in [0.1, 0.15) is 43.2 Å². The SMILES string of the molecule is NC(=O)C1CCN(C(=O)NC[C@@H]2C[C@]23CCCc2ccccc23)CC1. The molecule has 4 rings (SSSR count). The quantitative estimate of drug-likeness (QED) is 0.884. The molecule has 1 saturated heterocycles. The molecule has 25 heavy (non-hydrogen) atoms. The summed E-state index contributed by atoms with van der Waals surface area (Å²) in [6, 6.07) is 8.82. The van der Waals surface area contributed by atoms with Crippen molar-refractivity contribution in [2.75, 3.05) is 19.6 Å². The Morgan fingerprint density at radius 1 is 1.24 bits per heavy atom. The minimum Gasteiger partial charge on any atom is -0.369 e. The zero-order chi connectivity index (χ0) is 17.4. The Bertz CT molecular complexity index is 681. The van der Waals surface area contributed by atoms with Gasteiger partial charge in [0.15, 0.2) is 0 Å². The van der Waals surface area contributed by atoms with Crippen LogP contribution in [0.4, 0.5) is 4.79 Å². The minimum absolute atomic E-state index is 0.00839. The largest absolute Gasteiger partial charge is 0.369 e. The number of likely N-dealkylation sites (tertiary alicyclic amines) is 1. The number of nitrogens with one attached hydrogen (secondary N) is 1. The van der Waals surface area contributed by atoms with Crippen molar-refractivity contribution in [2.45, 2.75) is 43.9 Å². The smallest absolute Gasteiger partial charge is 0.317 e. The predicted molar refractivity (Wildman–Crippen MR) is 96.1 cm³/mol. The number of carbonyl (C=O) groups is 2. The van der Waals surface area contributed by atoms with E-state index in [1.165, 1.54) is 36.8 Å². The lowest BCUT2D eigenvalue weighted by molar-refractivity contribution is -0.123. The lowest BCUT2D eigenvalue weighted by Gasteiger charge is -2.31. The summed E-state index contributed by atoms with van der Waals surface area (Å²) in [6.07, 6.45) is 6.24. The number of piperidine rings is 1. The summed E-state index contributed by atoms with van der Waals surface area (Å²) < 4.78 is 0. The molecule has 1 aromatic rings. The molecule has 5 heteroatoms. The van der Waals surface area contributed by atoms with Gasteiger partial charge in [-0.1, -0.05) is 24.3 Å². The van der Waals surface area contributed by atoms with Gasteiger partial charge in [0.2, 0.25) is 5.91 Å². The van der Waals surface area contributed by atoms with Gasteiger partial charge in [-0.3, -0.25) is 4.79 Å². The number of aryl methyl sites for hydroxylation is 1. The van der Waals surface area contributed by atoms with Crippen molar-refractivity contribution in [3.63, 3.8) is 0 Å². The van der Waals surface area contributed by atoms with Crippen LogP contribution >= 0.6 is 0 Å². The number of fused-ring (bicyclic) bond motifs is 2. The van der Waals surface area contributed by atoms with Gasteiger partial charge in [-0.25, -0.2) is 4.79 Å². The van der Waals surface area contributed by atoms with E-state index in [2.05, 4.69) is 29.6 Å². The predicted octanol–water partition coefficient (Wildman–Crippen LogP) is 2.19. The van der Waals surface area contributed by atoms with Crippen molar-refractivity contribution in [3.8, 4) is 0 Å². The van der Waals surface area contributed by atoms with Crippen molar-refractivity contribution in [1.82, 2.24) is 10.2 Å². The molecule has 0 aromatic heterocycles. The molecule has 0 bridgehead atoms. The fourth-order valence-electron chi connectivity index (χ4n) is 4.93. The second-order valence-corrected chi connectivity index (χ2v) is 7.92. The molecule has 2 fully saturated rings. The van der Waals surface area contributed by atoms with Crippen molar-refractivity contribution in [1.29, 1.82) is 0 Å². The van der Waals surface area contributed by atoms with Crippen LogP contribution in [0.3, 0.4) is 0 Å². The fraction of sp³-hybridized carbons (Fsp3) is 0.600. The summed E-state index contributed by atoms with van der Waals surface area (Å²) in [7, 11) is 0. The van der Waals surface area contributed by atoms with E-state index in [1.807, 2.05) is 4.90 Å². The first kappa shape index (κ1) is 16.4. The van der Waals surface area contributed by atoms with Crippen molar-refractivity contribution in [3.05, 3.63) is 35.4 Å². The number of nitrogens with two attached hydrogens (primary N) is 1. The van der Waals surface area contributed by atoms with Crippen LogP contribution in [0.5, 0.6) is 0 Å². The number of carbonyl (C=O) groups excluding carboxylic acids is 2. The Morgan fingerprint density at radius 2 is 2.00 bits per heavy atom. The molecule has 1 saturated carbocycles. The third-order valence-electron chi connectivity index (χ3n) is 6.54. The number of benzene rings is 1. The average Bonchev–Trinajstić information content (AvgIpc) is 3.33. The van der Waals surface area contributed by atoms with E-state index in [-0.39, 0.29) is 17.9 Å². The van der Waals surface area contributed by atoms with Gasteiger partial charge in [0.25, 0.3) is 0 Å². The minimum atomic E-state index is -0.240. The Hall–Kier alpha value is -2.04. The molecule has 0 unspecified atom stereocenters. The molecule has 0 radical (unpaired) electrons. The lowest BCUT2D eigenvalue weighted by Crippen LogP contribution is -2.47. The zero-order valence-electron chi connectivity index (χ0n) is 14.7. The molecule has 134 valence electrons. The van der Waals surface area contributed by atoms with Crippen LogP contribution in [0.2, 0.25) is 0 Å². The van der Waals surface area contributed by atoms with Gasteiger partial charge in [-0.2, -0.15) is 0 Å². The Labute approximate surface area is 148 Å². The number of urea groups is 1. The van der Waals surface area contributed by atoms with E-state index in [9.17, 15) is 9.59 Å². The first-order valence-electron chi connectivity index (χ1n) is 9.50. The van der Waals surface area contributed by atoms with E-state index in [0.717, 1.165) is 6.54 Å². The number of hydrogen-bond acceptors (Lipinski definition) is 2. The molecular formula is C20H27N3O2. The summed E-state index contributed by atoms with van der Waals surface area (Å²) >= 11 is 0. The van der Waals surface area contributed by atoms with Gasteiger partial charge in [-0.15, -0.1) is 0 Å². The standard InChI is InChI=1S/C20H27N3O2/c21-18(24)15-7-10-23(11-8-15)19(25)22-13-16-12-20(16)9-3-5-14-4-1-2-6-17(14)20/h1-2,4,6,15-16H,3,5,7-13H2,(H2,21,24)(H,22,25)/t16-,20+/m0/s1. The van der Waals surface area contributed by atoms with Crippen molar-refractivity contribution in [2.24, 2.45) is 17.6 Å². The number of nitrogens with zero attached hydrogens (tertiary/aromatic N) is 1. The highest BCUT2D eigenvalue weighted by Crippen LogP contribution is 2.59. The Balaban J connectivity index is 1.31. The third kappa shape index (κ3) is 3.00. The fourth-order valence-corrected chi connectivity index (χ4v) is 4.93. The highest BCUT2D eigenvalue weighted by atomic mass is 16.2. The molecule has 2 atom stereocenters. The second kappa shape index (κ2) is 6.36. The zero-order valence-corrected chi connectivity index (χ0v) is 14.7. The second-order valence-electron chi connectivity index (χ2n) is 7.92. The molecule has 2 aliphatic carbocycles. The number of rotatable bonds is 3. The van der Waals surface area contributed by atoms with Gasteiger partial charge in [0.1, 0.15) is 0 Å². The first-order chi connectivity index (χ1) is 12.1. The third-order valence-corrected chi connectivity index (χ3v) is 6.54. The monoisotopic (exact) mass is 341 g/mol. The van der Waals surface area contributed by atoms with Crippen LogP contribution < -0.4 is 11.1 Å². The number of amides is 3. The summed E-state index contributed by atoms with van der Waals surface area (Å²) in [5, 5.41) is 3.13. The van der Waals surface area contributed by atoms with Gasteiger partial charge in [0, 0.05) is 31.0 Å². The summed E-state index contributed by atoms with van der Waals surface area (Å²) in [5.74, 6) is 0.242. The topological polar surface area (TPSA) is 75.4 Å². The van der Waals surface area contributed by atoms with Crippen LogP contribution in [-0.4, -0.2) is 36.5 Å². The van der Waals surface area contributed by atoms with Crippen molar-refractivity contribution < 1.29 is 9.59 Å². The van der Waals surface area contributed by atoms with E-state index in [0.29, 0.717) is 37.3 Å². The van der Waals surface area contributed by atoms with Crippen LogP contribution in [0.15, 0.2) is 24.3 Å². The Kier molecular flexibility index (Phi) is 4.18. The highest BCUT2D eigenvalue weighted by molar-refractivity contribution is 5.78. The molecule has 3 N–H and O–H groups in total. The van der Waals surface area contributed by atoms with Crippen LogP contribution in [-0.2, 0) is 16.6 Å². The van der Waals surface area contributed by atoms with Crippen molar-refractivity contribution >= 4 is 11.9 Å². The normalized spacial score (nSPS) is 28.5. The molecule has 1 aromatic carbocycles. The van der Waals surface area contributed by atoms with Gasteiger partial charge in [0.05, 0.1) is 0 Å². The van der Waals surface area contributed by atoms with Gasteiger partial charge >= 0.3 is 6.03 Å². The van der Waals surface area contributed by atoms with E-state index < -0.39 is 0 Å². The van der Waals surface area contributed by atoms with E-state index in [1.54, 1.807) is 0 Å². The van der Waals surface area contributed by atoms with E-state index >= 15 is 0 Å². The Morgan fingerprint density at radius 3 is 2.76 bits per heavy atom. The first-order valence-corrected chi connectivity index (χ1v) is 9.50. The molecule has 3 amide bonds. The van der Waals surface area contributed by atoms with Crippen LogP contribution in [0, 0.1) is 11.8 Å². The molecular weight excluding hydrogens is 314 g/mol. The summed E-state index contributed by atoms with van der Waals surface area (Å²) in [6.45, 7) is 2.00. The van der Waals surface area contributed by atoms with Crippen LogP contribution in [0.25, 0.3) is 0 Å². The maximum atomic E-state index is 12.4. The lowest BCUT2D eigenvalue weighted by atomic mass is 9.78. The number of hydrogen-bond donors (Lipinski definition) is 2. The van der Waals surface area contributed by atoms with E-state index in [4.69, 9.17) is 5.73 Å².